The van der Waals surface area contributed by atoms with E-state index in [-0.39, 0.29) is 5.69 Å². The zero-order chi connectivity index (χ0) is 10.0. The van der Waals surface area contributed by atoms with Crippen molar-refractivity contribution < 1.29 is 8.78 Å². The van der Waals surface area contributed by atoms with Gasteiger partial charge in [0.2, 0.25) is 5.43 Å². The van der Waals surface area contributed by atoms with Crippen LogP contribution < -0.4 is 11.2 Å². The number of pyridine rings is 1. The summed E-state index contributed by atoms with van der Waals surface area (Å²) < 4.78 is 24.2. The maximum atomic E-state index is 12.1. The van der Waals surface area contributed by atoms with Gasteiger partial charge in [-0.05, 0) is 0 Å². The van der Waals surface area contributed by atoms with Crippen LogP contribution in [0.4, 0.5) is 14.5 Å². The van der Waals surface area contributed by atoms with Gasteiger partial charge in [0.15, 0.2) is 0 Å². The summed E-state index contributed by atoms with van der Waals surface area (Å²) in [7, 11) is 0. The molecule has 68 valence electrons. The number of hydrogen-bond donors (Lipinski definition) is 2. The Morgan fingerprint density at radius 3 is 2.69 bits per heavy atom. The summed E-state index contributed by atoms with van der Waals surface area (Å²) in [6.45, 7) is 0. The van der Waals surface area contributed by atoms with Gasteiger partial charge in [-0.3, -0.25) is 4.79 Å². The van der Waals surface area contributed by atoms with Crippen molar-refractivity contribution in [3.63, 3.8) is 0 Å². The van der Waals surface area contributed by atoms with E-state index in [0.29, 0.717) is 0 Å². The van der Waals surface area contributed by atoms with Crippen LogP contribution in [0, 0.1) is 11.3 Å². The fourth-order valence-electron chi connectivity index (χ4n) is 0.817. The molecule has 6 heteroatoms. The van der Waals surface area contributed by atoms with Crippen LogP contribution in [0.5, 0.6) is 0 Å². The zero-order valence-electron chi connectivity index (χ0n) is 6.34. The van der Waals surface area contributed by atoms with Crippen molar-refractivity contribution in [1.82, 2.24) is 4.98 Å². The molecule has 3 N–H and O–H groups in total. The van der Waals surface area contributed by atoms with Crippen LogP contribution >= 0.6 is 0 Å². The van der Waals surface area contributed by atoms with Crippen molar-refractivity contribution in [2.24, 2.45) is 0 Å². The number of nitriles is 1. The highest BCUT2D eigenvalue weighted by atomic mass is 19.3. The molecule has 0 aliphatic rings. The van der Waals surface area contributed by atoms with Crippen molar-refractivity contribution >= 4 is 5.69 Å². The molecule has 0 fully saturated rings. The summed E-state index contributed by atoms with van der Waals surface area (Å²) in [5.74, 6) is 0. The van der Waals surface area contributed by atoms with Gasteiger partial charge < -0.3 is 10.7 Å². The van der Waals surface area contributed by atoms with E-state index >= 15 is 0 Å². The number of aromatic amines is 1. The van der Waals surface area contributed by atoms with Crippen LogP contribution in [0.3, 0.4) is 0 Å². The molecule has 1 aromatic rings. The highest BCUT2D eigenvalue weighted by molar-refractivity contribution is 5.50. The van der Waals surface area contributed by atoms with Crippen molar-refractivity contribution in [1.29, 1.82) is 5.26 Å². The molecule has 1 heterocycles. The minimum atomic E-state index is -2.89. The lowest BCUT2D eigenvalue weighted by atomic mass is 10.2. The normalized spacial score (nSPS) is 10.0. The highest BCUT2D eigenvalue weighted by Gasteiger charge is 2.15. The zero-order valence-corrected chi connectivity index (χ0v) is 6.34. The Morgan fingerprint density at radius 2 is 2.23 bits per heavy atom. The first kappa shape index (κ1) is 9.19. The Bertz CT molecular complexity index is 419. The average molecular weight is 185 g/mol. The van der Waals surface area contributed by atoms with E-state index in [0.717, 1.165) is 6.20 Å². The second kappa shape index (κ2) is 3.23. The lowest BCUT2D eigenvalue weighted by Crippen LogP contribution is -2.16. The summed E-state index contributed by atoms with van der Waals surface area (Å²) in [5, 5.41) is 8.38. The summed E-state index contributed by atoms with van der Waals surface area (Å²) in [4.78, 5) is 13.2. The number of aromatic nitrogens is 1. The third-order valence-electron chi connectivity index (χ3n) is 1.50. The van der Waals surface area contributed by atoms with Gasteiger partial charge in [0.25, 0.3) is 6.43 Å². The Balaban J connectivity index is 3.43. The van der Waals surface area contributed by atoms with Crippen LogP contribution in [0.15, 0.2) is 11.0 Å². The number of rotatable bonds is 1. The van der Waals surface area contributed by atoms with Crippen molar-refractivity contribution in [2.45, 2.75) is 6.43 Å². The molecule has 0 aliphatic carbocycles. The molecular formula is C7H5F2N3O. The van der Waals surface area contributed by atoms with Gasteiger partial charge in [-0.1, -0.05) is 0 Å². The molecule has 0 saturated heterocycles. The van der Waals surface area contributed by atoms with E-state index in [2.05, 4.69) is 4.98 Å². The van der Waals surface area contributed by atoms with E-state index in [9.17, 15) is 13.6 Å². The van der Waals surface area contributed by atoms with Crippen LogP contribution in [0.25, 0.3) is 0 Å². The van der Waals surface area contributed by atoms with Gasteiger partial charge in [0.05, 0.1) is 5.56 Å². The van der Waals surface area contributed by atoms with E-state index in [1.165, 1.54) is 0 Å². The van der Waals surface area contributed by atoms with Gasteiger partial charge in [0.1, 0.15) is 17.5 Å². The lowest BCUT2D eigenvalue weighted by Gasteiger charge is -2.00. The van der Waals surface area contributed by atoms with Gasteiger partial charge in [-0.25, -0.2) is 8.78 Å². The fourth-order valence-corrected chi connectivity index (χ4v) is 0.817. The number of nitrogens with two attached hydrogens (primary N) is 1. The molecule has 0 saturated carbocycles. The number of nitrogens with one attached hydrogen (secondary N) is 1. The molecule has 0 aliphatic heterocycles. The number of alkyl halides is 2. The number of hydrogen-bond acceptors (Lipinski definition) is 3. The van der Waals surface area contributed by atoms with Gasteiger partial charge in [0, 0.05) is 6.20 Å². The first-order chi connectivity index (χ1) is 6.07. The van der Waals surface area contributed by atoms with Crippen molar-refractivity contribution in [3.05, 3.63) is 27.7 Å². The number of nitrogens with zero attached hydrogens (tertiary/aromatic N) is 1. The minimum Gasteiger partial charge on any atom is -0.393 e. The fraction of sp³-hybridized carbons (Fsp3) is 0.143. The average Bonchev–Trinajstić information content (AvgIpc) is 2.09. The minimum absolute atomic E-state index is 0.200. The molecule has 0 spiro atoms. The molecule has 0 unspecified atom stereocenters. The first-order valence-corrected chi connectivity index (χ1v) is 3.27. The Kier molecular flexibility index (Phi) is 2.28. The molecule has 13 heavy (non-hydrogen) atoms. The van der Waals surface area contributed by atoms with E-state index < -0.39 is 23.1 Å². The Morgan fingerprint density at radius 1 is 1.62 bits per heavy atom. The Hall–Kier alpha value is -1.90. The van der Waals surface area contributed by atoms with Crippen molar-refractivity contribution in [3.8, 4) is 6.07 Å². The van der Waals surface area contributed by atoms with E-state index in [1.807, 2.05) is 0 Å². The van der Waals surface area contributed by atoms with Crippen LogP contribution in [-0.4, -0.2) is 4.98 Å². The van der Waals surface area contributed by atoms with Gasteiger partial charge in [-0.2, -0.15) is 5.26 Å². The predicted octanol–water partition coefficient (Wildman–Crippen LogP) is 0.766. The second-order valence-electron chi connectivity index (χ2n) is 2.27. The predicted molar refractivity (Wildman–Crippen MR) is 41.1 cm³/mol. The topological polar surface area (TPSA) is 82.7 Å². The number of anilines is 1. The molecule has 0 atom stereocenters. The maximum Gasteiger partial charge on any atom is 0.269 e. The molecular weight excluding hydrogens is 180 g/mol. The SMILES string of the molecule is N#Cc1[nH]cc(C(F)F)c(=O)c1N. The Labute approximate surface area is 71.6 Å². The summed E-state index contributed by atoms with van der Waals surface area (Å²) in [6, 6.07) is 1.58. The summed E-state index contributed by atoms with van der Waals surface area (Å²) in [5.41, 5.74) is 2.74. The van der Waals surface area contributed by atoms with E-state index in [1.54, 1.807) is 6.07 Å². The van der Waals surface area contributed by atoms with Crippen molar-refractivity contribution in [2.75, 3.05) is 5.73 Å². The molecule has 0 aromatic carbocycles. The quantitative estimate of drug-likeness (QED) is 0.677. The smallest absolute Gasteiger partial charge is 0.269 e. The van der Waals surface area contributed by atoms with Crippen LogP contribution in [0.2, 0.25) is 0 Å². The summed E-state index contributed by atoms with van der Waals surface area (Å²) in [6.07, 6.45) is -2.10. The highest BCUT2D eigenvalue weighted by Crippen LogP contribution is 2.15. The molecule has 4 nitrogen and oxygen atoms in total. The maximum absolute atomic E-state index is 12.1. The molecule has 0 amide bonds. The van der Waals surface area contributed by atoms with E-state index in [4.69, 9.17) is 11.0 Å². The number of H-pyrrole nitrogens is 1. The largest absolute Gasteiger partial charge is 0.393 e. The third kappa shape index (κ3) is 1.49. The number of halogens is 2. The lowest BCUT2D eigenvalue weighted by molar-refractivity contribution is 0.150. The van der Waals surface area contributed by atoms with Crippen LogP contribution in [0.1, 0.15) is 17.7 Å². The monoisotopic (exact) mass is 185 g/mol. The first-order valence-electron chi connectivity index (χ1n) is 3.27. The van der Waals surface area contributed by atoms with Gasteiger partial charge in [-0.15, -0.1) is 0 Å². The summed E-state index contributed by atoms with van der Waals surface area (Å²) >= 11 is 0. The third-order valence-corrected chi connectivity index (χ3v) is 1.50. The molecule has 0 bridgehead atoms. The number of nitrogen functional groups attached to an aromatic ring is 1. The van der Waals surface area contributed by atoms with Crippen LogP contribution in [-0.2, 0) is 0 Å². The molecule has 1 rings (SSSR count). The molecule has 0 radical (unpaired) electrons. The standard InChI is InChI=1S/C7H5F2N3O/c8-7(9)3-2-12-4(1-10)5(11)6(3)13/h2,7H,11H2,(H,12,13). The van der Waals surface area contributed by atoms with Gasteiger partial charge >= 0.3 is 0 Å². The second-order valence-corrected chi connectivity index (χ2v) is 2.27. The molecule has 1 aromatic heterocycles.